The Morgan fingerprint density at radius 2 is 1.52 bits per heavy atom. The second kappa shape index (κ2) is 8.94. The Bertz CT molecular complexity index is 483. The Balaban J connectivity index is 0.00000191. The number of carbonyl (C=O) groups is 1. The Morgan fingerprint density at radius 1 is 1.05 bits per heavy atom. The molecule has 0 atom stereocenters. The fourth-order valence-corrected chi connectivity index (χ4v) is 1.51. The van der Waals surface area contributed by atoms with Crippen LogP contribution in [0.3, 0.4) is 0 Å². The summed E-state index contributed by atoms with van der Waals surface area (Å²) in [6, 6.07) is 2.60. The number of nitro benzene ring substituents is 1. The number of ether oxygens (including phenoxy) is 2. The number of hydrogen-bond acceptors (Lipinski definition) is 5. The highest BCUT2D eigenvalue weighted by atomic mass is 16.6. The van der Waals surface area contributed by atoms with Gasteiger partial charge in [0.1, 0.15) is 0 Å². The lowest BCUT2D eigenvalue weighted by Gasteiger charge is -2.18. The van der Waals surface area contributed by atoms with Gasteiger partial charge >= 0.3 is 5.69 Å². The van der Waals surface area contributed by atoms with E-state index in [1.165, 1.54) is 12.1 Å². The van der Waals surface area contributed by atoms with Crippen LogP contribution in [0.2, 0.25) is 0 Å². The van der Waals surface area contributed by atoms with E-state index in [0.29, 0.717) is 6.29 Å². The van der Waals surface area contributed by atoms with Crippen molar-refractivity contribution < 1.29 is 19.2 Å². The van der Waals surface area contributed by atoms with Crippen molar-refractivity contribution in [1.29, 1.82) is 0 Å². The molecule has 1 aromatic carbocycles. The molecule has 0 heterocycles. The van der Waals surface area contributed by atoms with Crippen LogP contribution in [0, 0.1) is 10.1 Å². The molecule has 6 nitrogen and oxygen atoms in total. The van der Waals surface area contributed by atoms with Gasteiger partial charge in [-0.25, -0.2) is 0 Å². The monoisotopic (exact) mass is 297 g/mol. The highest BCUT2D eigenvalue weighted by Crippen LogP contribution is 2.40. The van der Waals surface area contributed by atoms with Crippen LogP contribution < -0.4 is 9.47 Å². The van der Waals surface area contributed by atoms with Gasteiger partial charge in [-0.05, 0) is 33.8 Å². The Labute approximate surface area is 125 Å². The van der Waals surface area contributed by atoms with Crippen LogP contribution in [0.5, 0.6) is 11.5 Å². The molecular formula is C15H23NO5. The first-order chi connectivity index (χ1) is 9.86. The number of nitrogens with zero attached hydrogens (tertiary/aromatic N) is 1. The molecule has 1 aromatic rings. The third-order valence-corrected chi connectivity index (χ3v) is 2.15. The first-order valence-electron chi connectivity index (χ1n) is 6.96. The van der Waals surface area contributed by atoms with Crippen molar-refractivity contribution in [2.75, 3.05) is 0 Å². The third-order valence-electron chi connectivity index (χ3n) is 2.15. The molecule has 0 spiro atoms. The first kappa shape index (κ1) is 18.9. The molecule has 0 bridgehead atoms. The van der Waals surface area contributed by atoms with Gasteiger partial charge in [0.25, 0.3) is 0 Å². The summed E-state index contributed by atoms with van der Waals surface area (Å²) >= 11 is 0. The summed E-state index contributed by atoms with van der Waals surface area (Å²) in [4.78, 5) is 21.5. The maximum absolute atomic E-state index is 11.0. The standard InChI is InChI=1S/C13H17NO5.C2H6/c1-8(2)18-12-10(7-15)5-6-11(14(16)17)13(12)19-9(3)4;1-2/h5-9H,1-4H3;1-2H3. The van der Waals surface area contributed by atoms with Crippen molar-refractivity contribution >= 4 is 12.0 Å². The summed E-state index contributed by atoms with van der Waals surface area (Å²) in [6.07, 6.45) is 0.0968. The zero-order valence-corrected chi connectivity index (χ0v) is 13.4. The number of benzene rings is 1. The number of hydrogen-bond donors (Lipinski definition) is 0. The predicted octanol–water partition coefficient (Wildman–Crippen LogP) is 4.01. The molecule has 21 heavy (non-hydrogen) atoms. The van der Waals surface area contributed by atoms with Crippen LogP contribution in [-0.4, -0.2) is 23.4 Å². The highest BCUT2D eigenvalue weighted by Gasteiger charge is 2.25. The van der Waals surface area contributed by atoms with Crippen LogP contribution >= 0.6 is 0 Å². The smallest absolute Gasteiger partial charge is 0.314 e. The van der Waals surface area contributed by atoms with Crippen molar-refractivity contribution in [2.24, 2.45) is 0 Å². The van der Waals surface area contributed by atoms with E-state index in [4.69, 9.17) is 9.47 Å². The minimum atomic E-state index is -0.556. The minimum absolute atomic E-state index is 0.00157. The fourth-order valence-electron chi connectivity index (χ4n) is 1.51. The molecule has 0 aliphatic rings. The molecule has 0 fully saturated rings. The van der Waals surface area contributed by atoms with Gasteiger partial charge in [0, 0.05) is 6.07 Å². The third kappa shape index (κ3) is 5.41. The molecule has 0 amide bonds. The lowest BCUT2D eigenvalue weighted by molar-refractivity contribution is -0.386. The van der Waals surface area contributed by atoms with Gasteiger partial charge in [-0.1, -0.05) is 13.8 Å². The van der Waals surface area contributed by atoms with Gasteiger partial charge in [-0.2, -0.15) is 0 Å². The molecular weight excluding hydrogens is 274 g/mol. The molecule has 0 N–H and O–H groups in total. The highest BCUT2D eigenvalue weighted by molar-refractivity contribution is 5.83. The van der Waals surface area contributed by atoms with E-state index in [1.807, 2.05) is 13.8 Å². The van der Waals surface area contributed by atoms with Gasteiger partial charge in [0.2, 0.25) is 5.75 Å². The maximum atomic E-state index is 11.0. The first-order valence-corrected chi connectivity index (χ1v) is 6.96. The molecule has 1 rings (SSSR count). The van der Waals surface area contributed by atoms with Gasteiger partial charge < -0.3 is 9.47 Å². The topological polar surface area (TPSA) is 78.7 Å². The Kier molecular flexibility index (Phi) is 8.04. The number of rotatable bonds is 6. The van der Waals surface area contributed by atoms with Gasteiger partial charge in [0.15, 0.2) is 12.0 Å². The Morgan fingerprint density at radius 3 is 1.90 bits per heavy atom. The normalized spacial score (nSPS) is 9.90. The summed E-state index contributed by atoms with van der Waals surface area (Å²) in [6.45, 7) is 11.0. The maximum Gasteiger partial charge on any atom is 0.314 e. The van der Waals surface area contributed by atoms with Crippen LogP contribution in [-0.2, 0) is 0 Å². The van der Waals surface area contributed by atoms with Crippen molar-refractivity contribution in [2.45, 2.75) is 53.8 Å². The van der Waals surface area contributed by atoms with Crippen LogP contribution in [0.15, 0.2) is 12.1 Å². The largest absolute Gasteiger partial charge is 0.486 e. The van der Waals surface area contributed by atoms with E-state index in [0.717, 1.165) is 0 Å². The molecule has 0 aliphatic carbocycles. The minimum Gasteiger partial charge on any atom is -0.486 e. The van der Waals surface area contributed by atoms with E-state index < -0.39 is 4.92 Å². The van der Waals surface area contributed by atoms with Crippen molar-refractivity contribution in [3.63, 3.8) is 0 Å². The molecule has 0 saturated carbocycles. The molecule has 6 heteroatoms. The van der Waals surface area contributed by atoms with Crippen LogP contribution in [0.1, 0.15) is 51.9 Å². The SMILES string of the molecule is CC.CC(C)Oc1c(C=O)ccc([N+](=O)[O-])c1OC(C)C. The Hall–Kier alpha value is -2.11. The van der Waals surface area contributed by atoms with E-state index in [9.17, 15) is 14.9 Å². The quantitative estimate of drug-likeness (QED) is 0.450. The number of nitro groups is 1. The average Bonchev–Trinajstić information content (AvgIpc) is 2.41. The van der Waals surface area contributed by atoms with Gasteiger partial charge in [0.05, 0.1) is 22.7 Å². The second-order valence-corrected chi connectivity index (χ2v) is 4.54. The van der Waals surface area contributed by atoms with Crippen molar-refractivity contribution in [3.8, 4) is 11.5 Å². The average molecular weight is 297 g/mol. The molecule has 0 aromatic heterocycles. The van der Waals surface area contributed by atoms with E-state index >= 15 is 0 Å². The molecule has 0 aliphatic heterocycles. The number of carbonyl (C=O) groups excluding carboxylic acids is 1. The second-order valence-electron chi connectivity index (χ2n) is 4.54. The summed E-state index contributed by atoms with van der Waals surface area (Å²) in [5.74, 6) is 0.117. The van der Waals surface area contributed by atoms with Gasteiger partial charge in [-0.15, -0.1) is 0 Å². The molecule has 118 valence electrons. The summed E-state index contributed by atoms with van der Waals surface area (Å²) in [5.41, 5.74) is 0.0184. The lowest BCUT2D eigenvalue weighted by atomic mass is 10.1. The van der Waals surface area contributed by atoms with E-state index in [1.54, 1.807) is 27.7 Å². The molecule has 0 saturated heterocycles. The summed E-state index contributed by atoms with van der Waals surface area (Å²) in [7, 11) is 0. The molecule has 0 unspecified atom stereocenters. The number of aldehydes is 1. The fraction of sp³-hybridized carbons (Fsp3) is 0.533. The summed E-state index contributed by atoms with van der Waals surface area (Å²) < 4.78 is 11.0. The van der Waals surface area contributed by atoms with Crippen molar-refractivity contribution in [3.05, 3.63) is 27.8 Å². The lowest BCUT2D eigenvalue weighted by Crippen LogP contribution is -2.13. The summed E-state index contributed by atoms with van der Waals surface area (Å²) in [5, 5.41) is 11.0. The predicted molar refractivity (Wildman–Crippen MR) is 81.4 cm³/mol. The van der Waals surface area contributed by atoms with E-state index in [2.05, 4.69) is 0 Å². The van der Waals surface area contributed by atoms with Gasteiger partial charge in [-0.3, -0.25) is 14.9 Å². The van der Waals surface area contributed by atoms with Crippen LogP contribution in [0.4, 0.5) is 5.69 Å². The van der Waals surface area contributed by atoms with E-state index in [-0.39, 0.29) is 35.0 Å². The zero-order chi connectivity index (χ0) is 16.6. The van der Waals surface area contributed by atoms with Crippen LogP contribution in [0.25, 0.3) is 0 Å². The van der Waals surface area contributed by atoms with Crippen molar-refractivity contribution in [1.82, 2.24) is 0 Å². The molecule has 0 radical (unpaired) electrons. The zero-order valence-electron chi connectivity index (χ0n) is 13.4.